The van der Waals surface area contributed by atoms with Gasteiger partial charge < -0.3 is 10.1 Å². The highest BCUT2D eigenvalue weighted by atomic mass is 16.5. The van der Waals surface area contributed by atoms with Crippen molar-refractivity contribution in [2.24, 2.45) is 23.7 Å². The fraction of sp³-hybridized carbons (Fsp3) is 0.385. The lowest BCUT2D eigenvalue weighted by Crippen LogP contribution is -2.32. The van der Waals surface area contributed by atoms with Gasteiger partial charge in [0.05, 0.1) is 23.1 Å². The molecule has 5 rings (SSSR count). The van der Waals surface area contributed by atoms with Crippen molar-refractivity contribution in [3.63, 3.8) is 0 Å². The van der Waals surface area contributed by atoms with Crippen LogP contribution in [-0.2, 0) is 19.1 Å². The van der Waals surface area contributed by atoms with Crippen LogP contribution < -0.4 is 10.2 Å². The molecular weight excluding hydrogens is 420 g/mol. The monoisotopic (exact) mass is 446 g/mol. The number of hydrogen-bond donors (Lipinski definition) is 1. The predicted octanol–water partition coefficient (Wildman–Crippen LogP) is 3.63. The smallest absolute Gasteiger partial charge is 0.338 e. The third kappa shape index (κ3) is 3.71. The molecular formula is C26H26N2O5. The van der Waals surface area contributed by atoms with Crippen molar-refractivity contribution >= 4 is 35.1 Å². The molecule has 4 atom stereocenters. The van der Waals surface area contributed by atoms with E-state index in [-0.39, 0.29) is 29.2 Å². The van der Waals surface area contributed by atoms with E-state index in [1.165, 1.54) is 17.0 Å². The maximum absolute atomic E-state index is 12.9. The van der Waals surface area contributed by atoms with Gasteiger partial charge in [-0.15, -0.1) is 0 Å². The summed E-state index contributed by atoms with van der Waals surface area (Å²) in [6.45, 7) is 3.52. The number of ether oxygens (including phenoxy) is 1. The molecule has 0 radical (unpaired) electrons. The van der Waals surface area contributed by atoms with Crippen molar-refractivity contribution in [2.75, 3.05) is 16.8 Å². The van der Waals surface area contributed by atoms with Gasteiger partial charge >= 0.3 is 5.97 Å². The third-order valence-corrected chi connectivity index (χ3v) is 7.41. The van der Waals surface area contributed by atoms with Crippen LogP contribution >= 0.6 is 0 Å². The molecule has 2 aromatic rings. The summed E-state index contributed by atoms with van der Waals surface area (Å²) in [4.78, 5) is 51.7. The van der Waals surface area contributed by atoms with Crippen LogP contribution in [0.2, 0.25) is 0 Å². The highest BCUT2D eigenvalue weighted by Gasteiger charge is 2.61. The molecule has 3 fully saturated rings. The number of hydrogen-bond acceptors (Lipinski definition) is 5. The minimum absolute atomic E-state index is 0.115. The molecule has 7 heteroatoms. The maximum atomic E-state index is 12.9. The van der Waals surface area contributed by atoms with Gasteiger partial charge in [0.15, 0.2) is 6.61 Å². The van der Waals surface area contributed by atoms with Gasteiger partial charge in [-0.2, -0.15) is 0 Å². The van der Waals surface area contributed by atoms with E-state index >= 15 is 0 Å². The van der Waals surface area contributed by atoms with Crippen LogP contribution in [0.1, 0.15) is 40.7 Å². The molecule has 7 nitrogen and oxygen atoms in total. The molecule has 170 valence electrons. The Hall–Kier alpha value is -3.48. The van der Waals surface area contributed by atoms with Crippen molar-refractivity contribution in [3.05, 3.63) is 59.2 Å². The lowest BCUT2D eigenvalue weighted by Gasteiger charge is -2.19. The number of nitrogens with one attached hydrogen (secondary N) is 1. The van der Waals surface area contributed by atoms with Crippen LogP contribution in [0.25, 0.3) is 0 Å². The van der Waals surface area contributed by atoms with Crippen molar-refractivity contribution in [2.45, 2.75) is 33.1 Å². The Labute approximate surface area is 192 Å². The number of carbonyl (C=O) groups is 4. The van der Waals surface area contributed by atoms with Crippen molar-refractivity contribution in [1.29, 1.82) is 0 Å². The molecule has 2 aliphatic carbocycles. The number of benzene rings is 2. The number of rotatable bonds is 5. The number of aryl methyl sites for hydroxylation is 2. The summed E-state index contributed by atoms with van der Waals surface area (Å²) in [5, 5.41) is 2.71. The number of imide groups is 1. The SMILES string of the molecule is Cc1ccc(NC(=O)COC(=O)c2ccc(N3C(=O)[C@H]4[C@H]5CC[C@@H](C5)[C@@H]4C3=O)cc2)cc1C. The highest BCUT2D eigenvalue weighted by molar-refractivity contribution is 6.22. The molecule has 2 bridgehead atoms. The van der Waals surface area contributed by atoms with Crippen LogP contribution in [0, 0.1) is 37.5 Å². The van der Waals surface area contributed by atoms with Crippen LogP contribution in [0.15, 0.2) is 42.5 Å². The highest BCUT2D eigenvalue weighted by Crippen LogP contribution is 2.56. The average molecular weight is 447 g/mol. The second kappa shape index (κ2) is 8.14. The van der Waals surface area contributed by atoms with E-state index in [0.29, 0.717) is 23.2 Å². The minimum Gasteiger partial charge on any atom is -0.452 e. The Bertz CT molecular complexity index is 1130. The normalized spacial score (nSPS) is 25.3. The molecule has 3 aliphatic rings. The Morgan fingerprint density at radius 2 is 1.58 bits per heavy atom. The summed E-state index contributed by atoms with van der Waals surface area (Å²) >= 11 is 0. The summed E-state index contributed by atoms with van der Waals surface area (Å²) in [7, 11) is 0. The standard InChI is InChI=1S/C26H26N2O5/c1-14-3-8-19(11-15(14)2)27-21(29)13-33-26(32)16-6-9-20(10-7-16)28-24(30)22-17-4-5-18(12-17)23(22)25(28)31/h3,6-11,17-18,22-23H,4-5,12-13H2,1-2H3,(H,27,29)/t17-,18-,22-,23-/m0/s1. The van der Waals surface area contributed by atoms with Gasteiger partial charge in [0.1, 0.15) is 0 Å². The second-order valence-electron chi connectivity index (χ2n) is 9.37. The molecule has 33 heavy (non-hydrogen) atoms. The van der Waals surface area contributed by atoms with Gasteiger partial charge in [-0.25, -0.2) is 4.79 Å². The fourth-order valence-electron chi connectivity index (χ4n) is 5.64. The van der Waals surface area contributed by atoms with Gasteiger partial charge in [-0.1, -0.05) is 6.07 Å². The first-order valence-electron chi connectivity index (χ1n) is 11.4. The molecule has 1 saturated heterocycles. The number of nitrogens with zero attached hydrogens (tertiary/aromatic N) is 1. The van der Waals surface area contributed by atoms with Gasteiger partial charge in [-0.05, 0) is 92.5 Å². The summed E-state index contributed by atoms with van der Waals surface area (Å²) in [5.41, 5.74) is 3.54. The molecule has 2 aromatic carbocycles. The Morgan fingerprint density at radius 3 is 2.18 bits per heavy atom. The van der Waals surface area contributed by atoms with Crippen molar-refractivity contribution in [3.8, 4) is 0 Å². The Balaban J connectivity index is 1.19. The van der Waals surface area contributed by atoms with Crippen molar-refractivity contribution in [1.82, 2.24) is 0 Å². The quantitative estimate of drug-likeness (QED) is 0.559. The summed E-state index contributed by atoms with van der Waals surface area (Å²) in [6, 6.07) is 11.8. The van der Waals surface area contributed by atoms with E-state index in [4.69, 9.17) is 4.74 Å². The van der Waals surface area contributed by atoms with Crippen LogP contribution in [-0.4, -0.2) is 30.3 Å². The van der Waals surface area contributed by atoms with E-state index < -0.39 is 18.5 Å². The third-order valence-electron chi connectivity index (χ3n) is 7.41. The summed E-state index contributed by atoms with van der Waals surface area (Å²) < 4.78 is 5.12. The van der Waals surface area contributed by atoms with E-state index in [1.807, 2.05) is 26.0 Å². The second-order valence-corrected chi connectivity index (χ2v) is 9.37. The van der Waals surface area contributed by atoms with Crippen LogP contribution in [0.3, 0.4) is 0 Å². The average Bonchev–Trinajstić information content (AvgIpc) is 3.48. The van der Waals surface area contributed by atoms with E-state index in [1.54, 1.807) is 18.2 Å². The first-order chi connectivity index (χ1) is 15.8. The van der Waals surface area contributed by atoms with E-state index in [2.05, 4.69) is 5.32 Å². The molecule has 0 aromatic heterocycles. The zero-order valence-corrected chi connectivity index (χ0v) is 18.7. The minimum atomic E-state index is -0.647. The first-order valence-corrected chi connectivity index (χ1v) is 11.4. The number of esters is 1. The van der Waals surface area contributed by atoms with Gasteiger partial charge in [-0.3, -0.25) is 19.3 Å². The zero-order chi connectivity index (χ0) is 23.3. The summed E-state index contributed by atoms with van der Waals surface area (Å²) in [6.07, 6.45) is 3.05. The number of anilines is 2. The number of amides is 3. The van der Waals surface area contributed by atoms with E-state index in [9.17, 15) is 19.2 Å². The van der Waals surface area contributed by atoms with Gasteiger partial charge in [0, 0.05) is 5.69 Å². The maximum Gasteiger partial charge on any atom is 0.338 e. The summed E-state index contributed by atoms with van der Waals surface area (Å²) in [5.74, 6) is -1.03. The molecule has 1 aliphatic heterocycles. The number of fused-ring (bicyclic) bond motifs is 5. The molecule has 2 saturated carbocycles. The van der Waals surface area contributed by atoms with Crippen LogP contribution in [0.4, 0.5) is 11.4 Å². The molecule has 0 spiro atoms. The largest absolute Gasteiger partial charge is 0.452 e. The number of carbonyl (C=O) groups excluding carboxylic acids is 4. The fourth-order valence-corrected chi connectivity index (χ4v) is 5.64. The zero-order valence-electron chi connectivity index (χ0n) is 18.7. The van der Waals surface area contributed by atoms with Gasteiger partial charge in [0.25, 0.3) is 5.91 Å². The lowest BCUT2D eigenvalue weighted by atomic mass is 9.81. The first kappa shape index (κ1) is 21.4. The van der Waals surface area contributed by atoms with Gasteiger partial charge in [0.2, 0.25) is 11.8 Å². The molecule has 1 N–H and O–H groups in total. The van der Waals surface area contributed by atoms with Crippen molar-refractivity contribution < 1.29 is 23.9 Å². The van der Waals surface area contributed by atoms with E-state index in [0.717, 1.165) is 30.4 Å². The predicted molar refractivity (Wildman–Crippen MR) is 122 cm³/mol. The Kier molecular flexibility index (Phi) is 5.27. The lowest BCUT2D eigenvalue weighted by molar-refractivity contribution is -0.123. The van der Waals surface area contributed by atoms with Crippen LogP contribution in [0.5, 0.6) is 0 Å². The Morgan fingerprint density at radius 1 is 0.939 bits per heavy atom. The molecule has 1 heterocycles. The topological polar surface area (TPSA) is 92.8 Å². The molecule has 0 unspecified atom stereocenters. The molecule has 3 amide bonds.